The van der Waals surface area contributed by atoms with Crippen molar-refractivity contribution in [3.05, 3.63) is 59.7 Å². The van der Waals surface area contributed by atoms with Gasteiger partial charge in [-0.15, -0.1) is 0 Å². The molecular formula is C20H22O8. The maximum absolute atomic E-state index is 10.5. The summed E-state index contributed by atoms with van der Waals surface area (Å²) in [4.78, 5) is 0. The molecule has 2 fully saturated rings. The molecule has 0 aromatic heterocycles. The number of aromatic hydroxyl groups is 2. The summed E-state index contributed by atoms with van der Waals surface area (Å²) in [5.74, 6) is 0.236. The van der Waals surface area contributed by atoms with E-state index < -0.39 is 37.0 Å². The van der Waals surface area contributed by atoms with Crippen LogP contribution >= 0.6 is 0 Å². The van der Waals surface area contributed by atoms with Gasteiger partial charge in [0, 0.05) is 11.1 Å². The van der Waals surface area contributed by atoms with Gasteiger partial charge in [-0.3, -0.25) is 0 Å². The summed E-state index contributed by atoms with van der Waals surface area (Å²) < 4.78 is 23.2. The van der Waals surface area contributed by atoms with E-state index >= 15 is 0 Å². The molecule has 2 aliphatic rings. The first-order valence-corrected chi connectivity index (χ1v) is 8.99. The van der Waals surface area contributed by atoms with E-state index in [2.05, 4.69) is 0 Å². The van der Waals surface area contributed by atoms with Gasteiger partial charge in [-0.25, -0.2) is 0 Å². The van der Waals surface area contributed by atoms with E-state index in [0.717, 1.165) is 0 Å². The molecule has 0 radical (unpaired) electrons. The minimum Gasteiger partial charge on any atom is -0.508 e. The lowest BCUT2D eigenvalue weighted by Crippen LogP contribution is -2.55. The van der Waals surface area contributed by atoms with Crippen molar-refractivity contribution in [2.45, 2.75) is 37.0 Å². The van der Waals surface area contributed by atoms with Gasteiger partial charge in [0.15, 0.2) is 12.6 Å². The Kier molecular flexibility index (Phi) is 5.49. The molecule has 0 saturated carbocycles. The Labute approximate surface area is 161 Å². The van der Waals surface area contributed by atoms with Crippen LogP contribution in [0.25, 0.3) is 0 Å². The van der Waals surface area contributed by atoms with E-state index in [4.69, 9.17) is 18.9 Å². The lowest BCUT2D eigenvalue weighted by atomic mass is 10.0. The zero-order valence-corrected chi connectivity index (χ0v) is 14.9. The summed E-state index contributed by atoms with van der Waals surface area (Å²) in [5, 5.41) is 39.7. The van der Waals surface area contributed by atoms with Crippen LogP contribution in [0.15, 0.2) is 48.5 Å². The fourth-order valence-corrected chi connectivity index (χ4v) is 3.28. The Balaban J connectivity index is 1.54. The Hall–Kier alpha value is -2.20. The maximum Gasteiger partial charge on any atom is 0.184 e. The first-order valence-electron chi connectivity index (χ1n) is 8.99. The molecule has 0 spiro atoms. The van der Waals surface area contributed by atoms with Crippen LogP contribution in [0.2, 0.25) is 0 Å². The van der Waals surface area contributed by atoms with Crippen molar-refractivity contribution in [2.24, 2.45) is 0 Å². The predicted octanol–water partition coefficient (Wildman–Crippen LogP) is 1.35. The molecule has 2 aliphatic heterocycles. The fourth-order valence-electron chi connectivity index (χ4n) is 3.28. The highest BCUT2D eigenvalue weighted by atomic mass is 16.7. The molecule has 8 nitrogen and oxygen atoms in total. The van der Waals surface area contributed by atoms with Crippen molar-refractivity contribution in [1.29, 1.82) is 0 Å². The molecule has 0 amide bonds. The van der Waals surface area contributed by atoms with Crippen LogP contribution in [-0.2, 0) is 18.9 Å². The molecule has 4 rings (SSSR count). The number of fused-ring (bicyclic) bond motifs is 1. The highest BCUT2D eigenvalue weighted by molar-refractivity contribution is 5.27. The number of phenolic OH excluding ortho intramolecular Hbond substituents is 2. The lowest BCUT2D eigenvalue weighted by molar-refractivity contribution is -0.332. The van der Waals surface area contributed by atoms with Gasteiger partial charge in [0.25, 0.3) is 0 Å². The molecule has 2 saturated heterocycles. The standard InChI is InChI=1S/C20H22O8/c21-13-5-1-11(2-6-13)19-25-9-15(23)17(24)18-16(27-19)10-26-20(28-18)12-3-7-14(22)8-4-12/h1-8,15-24H,9-10H2/t15-,16+,17+,18+,19?,20?/m0/s1. The molecule has 2 aromatic rings. The van der Waals surface area contributed by atoms with Crippen LogP contribution in [0.1, 0.15) is 23.7 Å². The summed E-state index contributed by atoms with van der Waals surface area (Å²) in [6.45, 7) is -0.0397. The zero-order valence-electron chi connectivity index (χ0n) is 14.9. The molecule has 0 aliphatic carbocycles. The van der Waals surface area contributed by atoms with E-state index in [-0.39, 0.29) is 24.7 Å². The number of phenols is 2. The topological polar surface area (TPSA) is 118 Å². The Morgan fingerprint density at radius 1 is 0.679 bits per heavy atom. The first-order chi connectivity index (χ1) is 13.5. The minimum atomic E-state index is -1.23. The molecule has 0 bridgehead atoms. The van der Waals surface area contributed by atoms with Crippen molar-refractivity contribution in [2.75, 3.05) is 13.2 Å². The summed E-state index contributed by atoms with van der Waals surface area (Å²) in [5.41, 5.74) is 1.33. The molecule has 6 atom stereocenters. The van der Waals surface area contributed by atoms with E-state index in [1.165, 1.54) is 24.3 Å². The maximum atomic E-state index is 10.5. The highest BCUT2D eigenvalue weighted by Crippen LogP contribution is 2.35. The van der Waals surface area contributed by atoms with Gasteiger partial charge >= 0.3 is 0 Å². The highest BCUT2D eigenvalue weighted by Gasteiger charge is 2.44. The van der Waals surface area contributed by atoms with Crippen LogP contribution in [0, 0.1) is 0 Å². The van der Waals surface area contributed by atoms with Crippen LogP contribution < -0.4 is 0 Å². The second-order valence-electron chi connectivity index (χ2n) is 6.85. The summed E-state index contributed by atoms with van der Waals surface area (Å²) in [7, 11) is 0. The van der Waals surface area contributed by atoms with E-state index in [1.54, 1.807) is 24.3 Å². The number of benzene rings is 2. The van der Waals surface area contributed by atoms with E-state index in [0.29, 0.717) is 11.1 Å². The van der Waals surface area contributed by atoms with E-state index in [9.17, 15) is 20.4 Å². The third-order valence-electron chi connectivity index (χ3n) is 4.84. The van der Waals surface area contributed by atoms with Gasteiger partial charge in [-0.2, -0.15) is 0 Å². The second kappa shape index (κ2) is 8.04. The van der Waals surface area contributed by atoms with Crippen LogP contribution in [0.5, 0.6) is 11.5 Å². The third kappa shape index (κ3) is 3.97. The molecule has 8 heteroatoms. The third-order valence-corrected chi connectivity index (χ3v) is 4.84. The average molecular weight is 390 g/mol. The molecule has 2 unspecified atom stereocenters. The SMILES string of the molecule is Oc1ccc(C2OC[C@H]3OC(c4ccc(O)cc4)OC[C@H](O)[C@@H](O)[C@@H]3O2)cc1. The quantitative estimate of drug-likeness (QED) is 0.607. The van der Waals surface area contributed by atoms with Crippen molar-refractivity contribution < 1.29 is 39.4 Å². The summed E-state index contributed by atoms with van der Waals surface area (Å²) in [6.07, 6.45) is -5.50. The van der Waals surface area contributed by atoms with Gasteiger partial charge in [0.1, 0.15) is 35.9 Å². The number of aliphatic hydroxyl groups excluding tert-OH is 2. The Morgan fingerprint density at radius 2 is 1.18 bits per heavy atom. The molecule has 2 aromatic carbocycles. The normalized spacial score (nSPS) is 33.5. The Bertz CT molecular complexity index is 778. The predicted molar refractivity (Wildman–Crippen MR) is 95.4 cm³/mol. The summed E-state index contributed by atoms with van der Waals surface area (Å²) >= 11 is 0. The smallest absolute Gasteiger partial charge is 0.184 e. The largest absolute Gasteiger partial charge is 0.508 e. The van der Waals surface area contributed by atoms with Crippen molar-refractivity contribution in [3.63, 3.8) is 0 Å². The molecule has 2 heterocycles. The number of ether oxygens (including phenoxy) is 4. The number of hydrogen-bond acceptors (Lipinski definition) is 8. The van der Waals surface area contributed by atoms with Crippen molar-refractivity contribution in [3.8, 4) is 11.5 Å². The van der Waals surface area contributed by atoms with Gasteiger partial charge in [-0.1, -0.05) is 24.3 Å². The van der Waals surface area contributed by atoms with Crippen molar-refractivity contribution >= 4 is 0 Å². The fraction of sp³-hybridized carbons (Fsp3) is 0.400. The monoisotopic (exact) mass is 390 g/mol. The van der Waals surface area contributed by atoms with Gasteiger partial charge in [0.05, 0.1) is 13.2 Å². The number of aliphatic hydroxyl groups is 2. The van der Waals surface area contributed by atoms with Gasteiger partial charge in [-0.05, 0) is 24.3 Å². The van der Waals surface area contributed by atoms with E-state index in [1.807, 2.05) is 0 Å². The molecular weight excluding hydrogens is 368 g/mol. The molecule has 4 N–H and O–H groups in total. The van der Waals surface area contributed by atoms with Gasteiger partial charge < -0.3 is 39.4 Å². The first kappa shape index (κ1) is 19.1. The van der Waals surface area contributed by atoms with Crippen LogP contribution in [0.4, 0.5) is 0 Å². The average Bonchev–Trinajstić information content (AvgIpc) is 2.71. The van der Waals surface area contributed by atoms with Crippen LogP contribution in [0.3, 0.4) is 0 Å². The zero-order chi connectivity index (χ0) is 19.7. The number of rotatable bonds is 2. The van der Waals surface area contributed by atoms with Crippen molar-refractivity contribution in [1.82, 2.24) is 0 Å². The van der Waals surface area contributed by atoms with Gasteiger partial charge in [0.2, 0.25) is 0 Å². The lowest BCUT2D eigenvalue weighted by Gasteiger charge is -2.42. The molecule has 150 valence electrons. The molecule has 28 heavy (non-hydrogen) atoms. The minimum absolute atomic E-state index is 0.109. The second-order valence-corrected chi connectivity index (χ2v) is 6.85. The summed E-state index contributed by atoms with van der Waals surface area (Å²) in [6, 6.07) is 12.7. The Morgan fingerprint density at radius 3 is 1.75 bits per heavy atom. The van der Waals surface area contributed by atoms with Crippen LogP contribution in [-0.4, -0.2) is 58.1 Å². The number of hydrogen-bond donors (Lipinski definition) is 4.